The van der Waals surface area contributed by atoms with Gasteiger partial charge in [0, 0.05) is 19.2 Å². The molecule has 1 aliphatic heterocycles. The number of carbonyl (C=O) groups is 1. The van der Waals surface area contributed by atoms with Crippen LogP contribution in [0.3, 0.4) is 0 Å². The third-order valence-corrected chi connectivity index (χ3v) is 4.87. The van der Waals surface area contributed by atoms with Gasteiger partial charge in [-0.15, -0.1) is 10.2 Å². The maximum Gasteiger partial charge on any atom is 0.233 e. The standard InChI is InChI=1S/C17H22N4O3S/c1-12-8-20(9-13(2)24-12)16(22)10-25-17-19-18-11-21(17)14-5-4-6-15(7-14)23-3/h4-7,11-13H,8-10H2,1-3H3. The van der Waals surface area contributed by atoms with Crippen LogP contribution in [0, 0.1) is 0 Å². The Labute approximate surface area is 151 Å². The van der Waals surface area contributed by atoms with E-state index in [-0.39, 0.29) is 18.1 Å². The van der Waals surface area contributed by atoms with Crippen molar-refractivity contribution < 1.29 is 14.3 Å². The quantitative estimate of drug-likeness (QED) is 0.758. The van der Waals surface area contributed by atoms with E-state index in [4.69, 9.17) is 9.47 Å². The summed E-state index contributed by atoms with van der Waals surface area (Å²) in [6, 6.07) is 7.64. The van der Waals surface area contributed by atoms with Crippen molar-refractivity contribution >= 4 is 17.7 Å². The number of rotatable bonds is 5. The van der Waals surface area contributed by atoms with Gasteiger partial charge < -0.3 is 14.4 Å². The number of ether oxygens (including phenoxy) is 2. The molecule has 1 amide bonds. The average molecular weight is 362 g/mol. The van der Waals surface area contributed by atoms with Crippen LogP contribution in [0.2, 0.25) is 0 Å². The van der Waals surface area contributed by atoms with Crippen molar-refractivity contribution in [3.63, 3.8) is 0 Å². The molecule has 1 fully saturated rings. The number of nitrogens with zero attached hydrogens (tertiary/aromatic N) is 4. The summed E-state index contributed by atoms with van der Waals surface area (Å²) in [6.45, 7) is 5.24. The second-order valence-corrected chi connectivity index (χ2v) is 6.97. The molecule has 3 rings (SSSR count). The monoisotopic (exact) mass is 362 g/mol. The van der Waals surface area contributed by atoms with Crippen LogP contribution in [0.1, 0.15) is 13.8 Å². The van der Waals surface area contributed by atoms with Gasteiger partial charge in [0.25, 0.3) is 0 Å². The van der Waals surface area contributed by atoms with Gasteiger partial charge >= 0.3 is 0 Å². The van der Waals surface area contributed by atoms with Crippen molar-refractivity contribution in [2.24, 2.45) is 0 Å². The molecule has 0 saturated carbocycles. The fourth-order valence-electron chi connectivity index (χ4n) is 2.86. The number of hydrogen-bond donors (Lipinski definition) is 0. The molecule has 0 radical (unpaired) electrons. The Balaban J connectivity index is 1.66. The molecule has 1 aromatic carbocycles. The first-order chi connectivity index (χ1) is 12.1. The van der Waals surface area contributed by atoms with Crippen molar-refractivity contribution in [2.45, 2.75) is 31.2 Å². The van der Waals surface area contributed by atoms with E-state index in [1.165, 1.54) is 11.8 Å². The predicted octanol–water partition coefficient (Wildman–Crippen LogP) is 2.00. The summed E-state index contributed by atoms with van der Waals surface area (Å²) in [5.41, 5.74) is 0.896. The minimum Gasteiger partial charge on any atom is -0.497 e. The van der Waals surface area contributed by atoms with Gasteiger partial charge in [-0.3, -0.25) is 9.36 Å². The molecule has 7 nitrogen and oxygen atoms in total. The molecule has 0 aliphatic carbocycles. The minimum atomic E-state index is 0.0677. The maximum absolute atomic E-state index is 12.5. The van der Waals surface area contributed by atoms with E-state index in [0.29, 0.717) is 24.0 Å². The van der Waals surface area contributed by atoms with Gasteiger partial charge in [0.15, 0.2) is 5.16 Å². The van der Waals surface area contributed by atoms with E-state index >= 15 is 0 Å². The van der Waals surface area contributed by atoms with Crippen LogP contribution in [0.4, 0.5) is 0 Å². The van der Waals surface area contributed by atoms with E-state index in [9.17, 15) is 4.79 Å². The highest BCUT2D eigenvalue weighted by Crippen LogP contribution is 2.23. The highest BCUT2D eigenvalue weighted by molar-refractivity contribution is 7.99. The zero-order valence-electron chi connectivity index (χ0n) is 14.6. The normalized spacial score (nSPS) is 20.5. The van der Waals surface area contributed by atoms with Gasteiger partial charge in [-0.05, 0) is 26.0 Å². The molecule has 0 bridgehead atoms. The lowest BCUT2D eigenvalue weighted by Crippen LogP contribution is -2.48. The summed E-state index contributed by atoms with van der Waals surface area (Å²) in [5.74, 6) is 1.17. The maximum atomic E-state index is 12.5. The molecule has 25 heavy (non-hydrogen) atoms. The fourth-order valence-corrected chi connectivity index (χ4v) is 3.69. The van der Waals surface area contributed by atoms with Crippen LogP contribution >= 0.6 is 11.8 Å². The minimum absolute atomic E-state index is 0.0677. The SMILES string of the molecule is COc1cccc(-n2cnnc2SCC(=O)N2CC(C)OC(C)C2)c1. The van der Waals surface area contributed by atoms with Crippen LogP contribution in [-0.4, -0.2) is 63.7 Å². The second kappa shape index (κ2) is 7.88. The number of aromatic nitrogens is 3. The molecular formula is C17H22N4O3S. The van der Waals surface area contributed by atoms with Crippen LogP contribution < -0.4 is 4.74 Å². The Morgan fingerprint density at radius 1 is 1.36 bits per heavy atom. The van der Waals surface area contributed by atoms with Crippen LogP contribution in [0.25, 0.3) is 5.69 Å². The molecular weight excluding hydrogens is 340 g/mol. The zero-order valence-corrected chi connectivity index (χ0v) is 15.4. The summed E-state index contributed by atoms with van der Waals surface area (Å²) in [4.78, 5) is 14.4. The average Bonchev–Trinajstić information content (AvgIpc) is 3.07. The van der Waals surface area contributed by atoms with Crippen LogP contribution in [0.5, 0.6) is 5.75 Å². The van der Waals surface area contributed by atoms with Gasteiger partial charge in [-0.2, -0.15) is 0 Å². The lowest BCUT2D eigenvalue weighted by molar-refractivity contribution is -0.140. The first kappa shape index (κ1) is 17.8. The highest BCUT2D eigenvalue weighted by Gasteiger charge is 2.26. The molecule has 0 N–H and O–H groups in total. The fraction of sp³-hybridized carbons (Fsp3) is 0.471. The number of thioether (sulfide) groups is 1. The largest absolute Gasteiger partial charge is 0.497 e. The smallest absolute Gasteiger partial charge is 0.233 e. The molecule has 8 heteroatoms. The first-order valence-electron chi connectivity index (χ1n) is 8.17. The third-order valence-electron chi connectivity index (χ3n) is 3.95. The number of amides is 1. The number of methoxy groups -OCH3 is 1. The number of carbonyl (C=O) groups excluding carboxylic acids is 1. The van der Waals surface area contributed by atoms with Gasteiger partial charge in [-0.25, -0.2) is 0 Å². The molecule has 2 heterocycles. The van der Waals surface area contributed by atoms with E-state index in [2.05, 4.69) is 10.2 Å². The Kier molecular flexibility index (Phi) is 5.60. The molecule has 134 valence electrons. The molecule has 2 unspecified atom stereocenters. The first-order valence-corrected chi connectivity index (χ1v) is 9.16. The number of morpholine rings is 1. The lowest BCUT2D eigenvalue weighted by atomic mass is 10.2. The molecule has 1 saturated heterocycles. The Morgan fingerprint density at radius 2 is 2.12 bits per heavy atom. The molecule has 2 atom stereocenters. The van der Waals surface area contributed by atoms with Crippen LogP contribution in [-0.2, 0) is 9.53 Å². The molecule has 1 aliphatic rings. The van der Waals surface area contributed by atoms with Crippen LogP contribution in [0.15, 0.2) is 35.7 Å². The van der Waals surface area contributed by atoms with E-state index in [1.54, 1.807) is 13.4 Å². The van der Waals surface area contributed by atoms with Crippen molar-refractivity contribution in [2.75, 3.05) is 26.0 Å². The van der Waals surface area contributed by atoms with Gasteiger partial charge in [0.2, 0.25) is 5.91 Å². The summed E-state index contributed by atoms with van der Waals surface area (Å²) >= 11 is 1.38. The van der Waals surface area contributed by atoms with Gasteiger partial charge in [-0.1, -0.05) is 17.8 Å². The van der Waals surface area contributed by atoms with Gasteiger partial charge in [0.05, 0.1) is 30.8 Å². The molecule has 0 spiro atoms. The summed E-state index contributed by atoms with van der Waals surface area (Å²) in [7, 11) is 1.63. The molecule has 2 aromatic rings. The summed E-state index contributed by atoms with van der Waals surface area (Å²) in [5, 5.41) is 8.79. The van der Waals surface area contributed by atoms with Crippen molar-refractivity contribution in [3.8, 4) is 11.4 Å². The molecule has 1 aromatic heterocycles. The highest BCUT2D eigenvalue weighted by atomic mass is 32.2. The Morgan fingerprint density at radius 3 is 2.84 bits per heavy atom. The van der Waals surface area contributed by atoms with E-state index in [1.807, 2.05) is 47.6 Å². The summed E-state index contributed by atoms with van der Waals surface area (Å²) < 4.78 is 12.8. The van der Waals surface area contributed by atoms with Crippen molar-refractivity contribution in [1.29, 1.82) is 0 Å². The van der Waals surface area contributed by atoms with E-state index < -0.39 is 0 Å². The van der Waals surface area contributed by atoms with Crippen molar-refractivity contribution in [3.05, 3.63) is 30.6 Å². The van der Waals surface area contributed by atoms with Gasteiger partial charge in [0.1, 0.15) is 12.1 Å². The Hall–Kier alpha value is -2.06. The lowest BCUT2D eigenvalue weighted by Gasteiger charge is -2.35. The topological polar surface area (TPSA) is 69.5 Å². The Bertz CT molecular complexity index is 726. The third kappa shape index (κ3) is 4.32. The second-order valence-electron chi connectivity index (χ2n) is 6.03. The number of benzene rings is 1. The number of hydrogen-bond acceptors (Lipinski definition) is 6. The van der Waals surface area contributed by atoms with E-state index in [0.717, 1.165) is 11.4 Å². The predicted molar refractivity (Wildman–Crippen MR) is 95.2 cm³/mol. The summed E-state index contributed by atoms with van der Waals surface area (Å²) in [6.07, 6.45) is 1.77. The van der Waals surface area contributed by atoms with Crippen molar-refractivity contribution in [1.82, 2.24) is 19.7 Å². The zero-order chi connectivity index (χ0) is 17.8.